The fourth-order valence-electron chi connectivity index (χ4n) is 5.05. The first-order valence-electron chi connectivity index (χ1n) is 12.9. The summed E-state index contributed by atoms with van der Waals surface area (Å²) in [6.45, 7) is 11.1. The van der Waals surface area contributed by atoms with Crippen molar-refractivity contribution in [3.05, 3.63) is 58.6 Å². The predicted octanol–water partition coefficient (Wildman–Crippen LogP) is 4.58. The lowest BCUT2D eigenvalue weighted by Gasteiger charge is -2.31. The number of aliphatic hydroxyl groups is 1. The van der Waals surface area contributed by atoms with E-state index in [4.69, 9.17) is 4.52 Å². The standard InChI is InChI=1S/C28H35FN4O4S/c1-14(2)22(21-11-16(5)32-37-21)28(36)33-12-20(34)23(29)25(33)27(35)31-24(15(3)4)18-7-9-19(10-8-18)26-17(6)30-13-38-26/h7-11,13-15,20,22-25,34H,12H2,1-6H3,(H,31,35)/t20-,22+,23-,24?,25-/m0/s1. The second-order valence-corrected chi connectivity index (χ2v) is 11.5. The molecule has 38 heavy (non-hydrogen) atoms. The van der Waals surface area contributed by atoms with Crippen molar-refractivity contribution in [2.24, 2.45) is 11.8 Å². The summed E-state index contributed by atoms with van der Waals surface area (Å²) >= 11 is 1.56. The van der Waals surface area contributed by atoms with Crippen molar-refractivity contribution in [2.45, 2.75) is 71.8 Å². The van der Waals surface area contributed by atoms with Gasteiger partial charge in [0.05, 0.1) is 34.4 Å². The molecule has 0 spiro atoms. The van der Waals surface area contributed by atoms with Gasteiger partial charge in [-0.3, -0.25) is 9.59 Å². The highest BCUT2D eigenvalue weighted by atomic mass is 32.1. The number of halogens is 1. The van der Waals surface area contributed by atoms with Gasteiger partial charge in [0, 0.05) is 6.07 Å². The maximum Gasteiger partial charge on any atom is 0.246 e. The van der Waals surface area contributed by atoms with Gasteiger partial charge in [-0.2, -0.15) is 0 Å². The Labute approximate surface area is 226 Å². The average Bonchev–Trinajstić information content (AvgIpc) is 3.56. The summed E-state index contributed by atoms with van der Waals surface area (Å²) in [5.74, 6) is -1.72. The zero-order valence-corrected chi connectivity index (χ0v) is 23.3. The number of carbonyl (C=O) groups excluding carboxylic acids is 2. The van der Waals surface area contributed by atoms with E-state index in [0.717, 1.165) is 26.6 Å². The maximum atomic E-state index is 15.3. The number of alkyl halides is 1. The third-order valence-corrected chi connectivity index (χ3v) is 8.05. The number of likely N-dealkylation sites (tertiary alicyclic amines) is 1. The minimum absolute atomic E-state index is 0.0101. The van der Waals surface area contributed by atoms with Crippen molar-refractivity contribution >= 4 is 23.2 Å². The van der Waals surface area contributed by atoms with Crippen LogP contribution < -0.4 is 5.32 Å². The first-order valence-corrected chi connectivity index (χ1v) is 13.7. The lowest BCUT2D eigenvalue weighted by Crippen LogP contribution is -2.52. The number of hydrogen-bond acceptors (Lipinski definition) is 7. The number of hydrogen-bond donors (Lipinski definition) is 2. The number of thiazole rings is 1. The fourth-order valence-corrected chi connectivity index (χ4v) is 5.86. The first-order chi connectivity index (χ1) is 18.0. The normalized spacial score (nSPS) is 21.2. The minimum Gasteiger partial charge on any atom is -0.388 e. The van der Waals surface area contributed by atoms with Crippen LogP contribution in [-0.4, -0.2) is 56.8 Å². The van der Waals surface area contributed by atoms with Gasteiger partial charge in [-0.05, 0) is 36.8 Å². The number of benzene rings is 1. The number of aromatic nitrogens is 2. The second-order valence-electron chi connectivity index (χ2n) is 10.7. The Bertz CT molecular complexity index is 1270. The molecule has 1 aromatic carbocycles. The van der Waals surface area contributed by atoms with Crippen molar-refractivity contribution in [1.82, 2.24) is 20.4 Å². The summed E-state index contributed by atoms with van der Waals surface area (Å²) < 4.78 is 20.6. The van der Waals surface area contributed by atoms with Crippen molar-refractivity contribution in [2.75, 3.05) is 6.54 Å². The molecule has 4 rings (SSSR count). The molecule has 1 aliphatic heterocycles. The molecular formula is C28H35FN4O4S. The Morgan fingerprint density at radius 1 is 1.16 bits per heavy atom. The predicted molar refractivity (Wildman–Crippen MR) is 143 cm³/mol. The molecule has 3 aromatic rings. The smallest absolute Gasteiger partial charge is 0.246 e. The van der Waals surface area contributed by atoms with Gasteiger partial charge in [0.15, 0.2) is 6.17 Å². The Kier molecular flexibility index (Phi) is 8.32. The van der Waals surface area contributed by atoms with Crippen molar-refractivity contribution in [3.8, 4) is 10.4 Å². The highest BCUT2D eigenvalue weighted by Crippen LogP contribution is 2.34. The summed E-state index contributed by atoms with van der Waals surface area (Å²) in [5.41, 5.74) is 5.27. The van der Waals surface area contributed by atoms with Crippen LogP contribution in [0.3, 0.4) is 0 Å². The number of amides is 2. The second kappa shape index (κ2) is 11.3. The monoisotopic (exact) mass is 542 g/mol. The van der Waals surface area contributed by atoms with E-state index in [9.17, 15) is 14.7 Å². The first kappa shape index (κ1) is 27.9. The van der Waals surface area contributed by atoms with Crippen molar-refractivity contribution in [1.29, 1.82) is 0 Å². The fraction of sp³-hybridized carbons (Fsp3) is 0.500. The number of β-amino-alcohol motifs (C(OH)–C–C–N with tert-alkyl or cyclic N) is 1. The van der Waals surface area contributed by atoms with E-state index in [0.29, 0.717) is 11.5 Å². The Hall–Kier alpha value is -3.11. The van der Waals surface area contributed by atoms with E-state index in [-0.39, 0.29) is 18.4 Å². The van der Waals surface area contributed by atoms with Crippen LogP contribution in [0, 0.1) is 25.7 Å². The van der Waals surface area contributed by atoms with Crippen LogP contribution in [0.25, 0.3) is 10.4 Å². The van der Waals surface area contributed by atoms with Gasteiger partial charge in [0.2, 0.25) is 11.8 Å². The summed E-state index contributed by atoms with van der Waals surface area (Å²) in [5, 5.41) is 17.2. The average molecular weight is 543 g/mol. The van der Waals surface area contributed by atoms with Crippen LogP contribution >= 0.6 is 11.3 Å². The quantitative estimate of drug-likeness (QED) is 0.432. The van der Waals surface area contributed by atoms with Crippen molar-refractivity contribution in [3.63, 3.8) is 0 Å². The molecule has 2 amide bonds. The van der Waals surface area contributed by atoms with Gasteiger partial charge in [0.1, 0.15) is 23.8 Å². The van der Waals surface area contributed by atoms with Gasteiger partial charge in [-0.15, -0.1) is 11.3 Å². The van der Waals surface area contributed by atoms with Crippen LogP contribution in [0.1, 0.15) is 62.4 Å². The summed E-state index contributed by atoms with van der Waals surface area (Å²) in [6, 6.07) is 7.65. The SMILES string of the molecule is Cc1cc([C@H](C(=O)N2C[C@H](O)[C@H](F)[C@H]2C(=O)NC(c2ccc(-c3scnc3C)cc2)C(C)C)C(C)C)on1. The number of aryl methyl sites for hydroxylation is 2. The summed E-state index contributed by atoms with van der Waals surface area (Å²) in [6.07, 6.45) is -3.37. The molecule has 8 nitrogen and oxygen atoms in total. The van der Waals surface area contributed by atoms with Crippen LogP contribution in [0.4, 0.5) is 4.39 Å². The maximum absolute atomic E-state index is 15.3. The van der Waals surface area contributed by atoms with Gasteiger partial charge in [-0.25, -0.2) is 9.37 Å². The lowest BCUT2D eigenvalue weighted by atomic mass is 9.91. The highest BCUT2D eigenvalue weighted by Gasteiger charge is 2.50. The zero-order chi connectivity index (χ0) is 27.7. The molecule has 1 saturated heterocycles. The van der Waals surface area contributed by atoms with E-state index in [2.05, 4.69) is 15.5 Å². The zero-order valence-electron chi connectivity index (χ0n) is 22.5. The Morgan fingerprint density at radius 3 is 2.37 bits per heavy atom. The molecule has 204 valence electrons. The van der Waals surface area contributed by atoms with Crippen molar-refractivity contribution < 1.29 is 23.6 Å². The summed E-state index contributed by atoms with van der Waals surface area (Å²) in [7, 11) is 0. The van der Waals surface area contributed by atoms with Crippen LogP contribution in [0.2, 0.25) is 0 Å². The molecule has 5 atom stereocenters. The van der Waals surface area contributed by atoms with Gasteiger partial charge in [-0.1, -0.05) is 57.1 Å². The van der Waals surface area contributed by atoms with E-state index >= 15 is 4.39 Å². The lowest BCUT2D eigenvalue weighted by molar-refractivity contribution is -0.142. The third kappa shape index (κ3) is 5.51. The summed E-state index contributed by atoms with van der Waals surface area (Å²) in [4.78, 5) is 33.7. The molecule has 1 aliphatic rings. The topological polar surface area (TPSA) is 109 Å². The number of aliphatic hydroxyl groups excluding tert-OH is 1. The van der Waals surface area contributed by atoms with Crippen LogP contribution in [0.5, 0.6) is 0 Å². The molecule has 10 heteroatoms. The molecule has 0 saturated carbocycles. The molecule has 3 heterocycles. The van der Waals surface area contributed by atoms with E-state index < -0.39 is 42.1 Å². The Morgan fingerprint density at radius 2 is 1.84 bits per heavy atom. The van der Waals surface area contributed by atoms with Gasteiger partial charge in [0.25, 0.3) is 0 Å². The van der Waals surface area contributed by atoms with Crippen LogP contribution in [-0.2, 0) is 9.59 Å². The molecule has 1 unspecified atom stereocenters. The van der Waals surface area contributed by atoms with Gasteiger partial charge < -0.3 is 19.8 Å². The Balaban J connectivity index is 1.57. The molecule has 2 N–H and O–H groups in total. The molecule has 0 radical (unpaired) electrons. The van der Waals surface area contributed by atoms with E-state index in [1.54, 1.807) is 29.8 Å². The molecule has 1 fully saturated rings. The highest BCUT2D eigenvalue weighted by molar-refractivity contribution is 7.13. The minimum atomic E-state index is -1.91. The van der Waals surface area contributed by atoms with Gasteiger partial charge >= 0.3 is 0 Å². The largest absolute Gasteiger partial charge is 0.388 e. The molecule has 0 aliphatic carbocycles. The molecule has 2 aromatic heterocycles. The molecular weight excluding hydrogens is 507 g/mol. The number of nitrogens with zero attached hydrogens (tertiary/aromatic N) is 3. The molecule has 0 bridgehead atoms. The van der Waals surface area contributed by atoms with Crippen LogP contribution in [0.15, 0.2) is 40.4 Å². The van der Waals surface area contributed by atoms with E-state index in [1.165, 1.54) is 0 Å². The number of carbonyl (C=O) groups is 2. The van der Waals surface area contributed by atoms with E-state index in [1.807, 2.05) is 58.9 Å². The number of nitrogens with one attached hydrogen (secondary N) is 1. The number of rotatable bonds is 8. The third-order valence-electron chi connectivity index (χ3n) is 7.07.